The highest BCUT2D eigenvalue weighted by Gasteiger charge is 2.35. The number of carbonyl (C=O) groups is 2. The van der Waals surface area contributed by atoms with Gasteiger partial charge in [-0.05, 0) is 60.4 Å². The van der Waals surface area contributed by atoms with Crippen molar-refractivity contribution in [3.8, 4) is 0 Å². The predicted molar refractivity (Wildman–Crippen MR) is 181 cm³/mol. The van der Waals surface area contributed by atoms with Crippen LogP contribution in [0.15, 0.2) is 108 Å². The van der Waals surface area contributed by atoms with E-state index in [0.29, 0.717) is 6.54 Å². The van der Waals surface area contributed by atoms with Gasteiger partial charge in [-0.15, -0.1) is 0 Å². The van der Waals surface area contributed by atoms with Gasteiger partial charge in [0.05, 0.1) is 10.6 Å². The Morgan fingerprint density at radius 2 is 1.44 bits per heavy atom. The van der Waals surface area contributed by atoms with Crippen LogP contribution in [-0.2, 0) is 32.6 Å². The Bertz CT molecular complexity index is 1680. The summed E-state index contributed by atoms with van der Waals surface area (Å²) in [5, 5.41) is 3.43. The number of halogens is 2. The van der Waals surface area contributed by atoms with Gasteiger partial charge >= 0.3 is 0 Å². The maximum Gasteiger partial charge on any atom is 0.264 e. The van der Waals surface area contributed by atoms with E-state index in [4.69, 9.17) is 23.2 Å². The number of aryl methyl sites for hydroxylation is 1. The van der Waals surface area contributed by atoms with Gasteiger partial charge in [0.15, 0.2) is 0 Å². The van der Waals surface area contributed by atoms with E-state index < -0.39 is 28.5 Å². The molecular formula is C35H37Cl2N3O4S. The zero-order valence-corrected chi connectivity index (χ0v) is 27.7. The molecule has 0 aliphatic heterocycles. The summed E-state index contributed by atoms with van der Waals surface area (Å²) in [6.07, 6.45) is 1.92. The summed E-state index contributed by atoms with van der Waals surface area (Å²) in [6, 6.07) is 28.4. The van der Waals surface area contributed by atoms with Gasteiger partial charge in [-0.25, -0.2) is 8.42 Å². The first-order valence-corrected chi connectivity index (χ1v) is 17.0. The van der Waals surface area contributed by atoms with E-state index in [1.165, 1.54) is 35.2 Å². The van der Waals surface area contributed by atoms with Gasteiger partial charge in [-0.1, -0.05) is 109 Å². The number of hydrogen-bond acceptors (Lipinski definition) is 4. The smallest absolute Gasteiger partial charge is 0.264 e. The molecule has 4 rings (SSSR count). The van der Waals surface area contributed by atoms with Crippen LogP contribution in [-0.4, -0.2) is 44.3 Å². The third-order valence-electron chi connectivity index (χ3n) is 7.45. The molecule has 45 heavy (non-hydrogen) atoms. The Balaban J connectivity index is 1.81. The van der Waals surface area contributed by atoms with E-state index in [1.807, 2.05) is 68.4 Å². The monoisotopic (exact) mass is 665 g/mol. The van der Waals surface area contributed by atoms with Gasteiger partial charge in [0, 0.05) is 29.6 Å². The second-order valence-electron chi connectivity index (χ2n) is 10.8. The van der Waals surface area contributed by atoms with E-state index in [9.17, 15) is 18.0 Å². The molecule has 1 N–H and O–H groups in total. The zero-order chi connectivity index (χ0) is 32.4. The minimum absolute atomic E-state index is 0.00232. The number of unbranched alkanes of at least 4 members (excludes halogenated alkanes) is 1. The van der Waals surface area contributed by atoms with Gasteiger partial charge in [0.2, 0.25) is 11.8 Å². The zero-order valence-electron chi connectivity index (χ0n) is 25.3. The van der Waals surface area contributed by atoms with Gasteiger partial charge in [0.1, 0.15) is 12.6 Å². The van der Waals surface area contributed by atoms with Crippen molar-refractivity contribution in [3.63, 3.8) is 0 Å². The average Bonchev–Trinajstić information content (AvgIpc) is 3.02. The number of sulfonamides is 1. The first kappa shape index (κ1) is 34.0. The minimum Gasteiger partial charge on any atom is -0.354 e. The van der Waals surface area contributed by atoms with E-state index in [2.05, 4.69) is 5.32 Å². The fourth-order valence-corrected chi connectivity index (χ4v) is 6.90. The number of nitrogens with zero attached hydrogens (tertiary/aromatic N) is 2. The summed E-state index contributed by atoms with van der Waals surface area (Å²) in [7, 11) is -4.25. The molecule has 0 spiro atoms. The van der Waals surface area contributed by atoms with Gasteiger partial charge in [-0.2, -0.15) is 0 Å². The highest BCUT2D eigenvalue weighted by molar-refractivity contribution is 7.92. The molecule has 0 aliphatic rings. The Labute approximate surface area is 275 Å². The lowest BCUT2D eigenvalue weighted by Crippen LogP contribution is -2.53. The summed E-state index contributed by atoms with van der Waals surface area (Å²) in [6.45, 7) is 3.94. The van der Waals surface area contributed by atoms with E-state index in [-0.39, 0.29) is 39.5 Å². The summed E-state index contributed by atoms with van der Waals surface area (Å²) in [5.41, 5.74) is 2.78. The standard InChI is InChI=1S/C35H37Cl2N3O4S/c1-3-4-19-38-35(42)33(20-27-14-7-5-8-15-27)39(24-28-16-12-11-13-26(28)2)34(41)25-40(31-22-29(36)21-30(37)23-31)45(43,44)32-17-9-6-10-18-32/h5-18,21-23,33H,3-4,19-20,24-25H2,1-2H3,(H,38,42). The Morgan fingerprint density at radius 3 is 2.07 bits per heavy atom. The topological polar surface area (TPSA) is 86.8 Å². The Hall–Kier alpha value is -3.85. The van der Waals surface area contributed by atoms with Gasteiger partial charge in [0.25, 0.3) is 10.0 Å². The van der Waals surface area contributed by atoms with Crippen LogP contribution in [0, 0.1) is 6.92 Å². The van der Waals surface area contributed by atoms with Crippen LogP contribution in [0.2, 0.25) is 10.0 Å². The van der Waals surface area contributed by atoms with Crippen LogP contribution in [0.4, 0.5) is 5.69 Å². The second-order valence-corrected chi connectivity index (χ2v) is 13.5. The molecule has 1 unspecified atom stereocenters. The van der Waals surface area contributed by atoms with Crippen LogP contribution < -0.4 is 9.62 Å². The van der Waals surface area contributed by atoms with E-state index in [1.54, 1.807) is 18.2 Å². The fourth-order valence-electron chi connectivity index (χ4n) is 4.96. The van der Waals surface area contributed by atoms with E-state index in [0.717, 1.165) is 33.8 Å². The van der Waals surface area contributed by atoms with Crippen molar-refractivity contribution >= 4 is 50.7 Å². The molecule has 4 aromatic carbocycles. The lowest BCUT2D eigenvalue weighted by atomic mass is 10.0. The van der Waals surface area contributed by atoms with Gasteiger partial charge in [-0.3, -0.25) is 13.9 Å². The quantitative estimate of drug-likeness (QED) is 0.146. The lowest BCUT2D eigenvalue weighted by Gasteiger charge is -2.34. The average molecular weight is 667 g/mol. The van der Waals surface area contributed by atoms with Crippen LogP contribution in [0.1, 0.15) is 36.5 Å². The number of benzene rings is 4. The third-order valence-corrected chi connectivity index (χ3v) is 9.67. The highest BCUT2D eigenvalue weighted by atomic mass is 35.5. The van der Waals surface area contributed by atoms with Crippen molar-refractivity contribution in [2.45, 2.75) is 50.6 Å². The first-order chi connectivity index (χ1) is 21.6. The van der Waals surface area contributed by atoms with Crippen LogP contribution >= 0.6 is 23.2 Å². The molecule has 0 heterocycles. The fraction of sp³-hybridized carbons (Fsp3) is 0.257. The van der Waals surface area contributed by atoms with Crippen LogP contribution in [0.3, 0.4) is 0 Å². The number of amides is 2. The summed E-state index contributed by atoms with van der Waals surface area (Å²) < 4.78 is 29.2. The van der Waals surface area contributed by atoms with Crippen molar-refractivity contribution in [2.75, 3.05) is 17.4 Å². The maximum atomic E-state index is 14.5. The molecule has 1 atom stereocenters. The summed E-state index contributed by atoms with van der Waals surface area (Å²) >= 11 is 12.6. The van der Waals surface area contributed by atoms with Crippen molar-refractivity contribution in [1.82, 2.24) is 10.2 Å². The van der Waals surface area contributed by atoms with Crippen molar-refractivity contribution in [3.05, 3.63) is 130 Å². The Morgan fingerprint density at radius 1 is 0.844 bits per heavy atom. The SMILES string of the molecule is CCCCNC(=O)C(Cc1ccccc1)N(Cc1ccccc1C)C(=O)CN(c1cc(Cl)cc(Cl)c1)S(=O)(=O)c1ccccc1. The molecule has 0 bridgehead atoms. The van der Waals surface area contributed by atoms with Crippen molar-refractivity contribution in [1.29, 1.82) is 0 Å². The number of rotatable bonds is 14. The highest BCUT2D eigenvalue weighted by Crippen LogP contribution is 2.30. The van der Waals surface area contributed by atoms with Crippen LogP contribution in [0.5, 0.6) is 0 Å². The molecular weight excluding hydrogens is 629 g/mol. The molecule has 10 heteroatoms. The predicted octanol–water partition coefficient (Wildman–Crippen LogP) is 7.05. The molecule has 0 aliphatic carbocycles. The normalized spacial score (nSPS) is 11.9. The number of anilines is 1. The summed E-state index contributed by atoms with van der Waals surface area (Å²) in [4.78, 5) is 29.8. The molecule has 236 valence electrons. The molecule has 0 fully saturated rings. The third kappa shape index (κ3) is 9.10. The second kappa shape index (κ2) is 15.9. The number of hydrogen-bond donors (Lipinski definition) is 1. The van der Waals surface area contributed by atoms with Crippen LogP contribution in [0.25, 0.3) is 0 Å². The molecule has 0 saturated heterocycles. The number of carbonyl (C=O) groups excluding carboxylic acids is 2. The molecule has 2 amide bonds. The Kier molecular flexibility index (Phi) is 12.0. The molecule has 0 saturated carbocycles. The van der Waals surface area contributed by atoms with Crippen molar-refractivity contribution < 1.29 is 18.0 Å². The van der Waals surface area contributed by atoms with E-state index >= 15 is 0 Å². The molecule has 7 nitrogen and oxygen atoms in total. The molecule has 0 aromatic heterocycles. The maximum absolute atomic E-state index is 14.5. The first-order valence-electron chi connectivity index (χ1n) is 14.8. The largest absolute Gasteiger partial charge is 0.354 e. The summed E-state index contributed by atoms with van der Waals surface area (Å²) in [5.74, 6) is -0.863. The number of nitrogens with one attached hydrogen (secondary N) is 1. The molecule has 4 aromatic rings. The van der Waals surface area contributed by atoms with Gasteiger partial charge < -0.3 is 10.2 Å². The molecule has 0 radical (unpaired) electrons. The lowest BCUT2D eigenvalue weighted by molar-refractivity contribution is -0.140. The minimum atomic E-state index is -4.25. The van der Waals surface area contributed by atoms with Crippen molar-refractivity contribution in [2.24, 2.45) is 0 Å².